The number of aromatic hydroxyl groups is 1. The van der Waals surface area contributed by atoms with Crippen molar-refractivity contribution in [2.24, 2.45) is 5.73 Å². The lowest BCUT2D eigenvalue weighted by molar-refractivity contribution is -0.143. The molecule has 182 valence electrons. The van der Waals surface area contributed by atoms with E-state index in [-0.39, 0.29) is 25.1 Å². The number of rotatable bonds is 12. The number of hydrogen-bond acceptors (Lipinski definition) is 7. The van der Waals surface area contributed by atoms with Crippen LogP contribution in [0.2, 0.25) is 0 Å². The van der Waals surface area contributed by atoms with Gasteiger partial charge in [0.05, 0.1) is 19.7 Å². The number of benzene rings is 2. The predicted molar refractivity (Wildman–Crippen MR) is 124 cm³/mol. The summed E-state index contributed by atoms with van der Waals surface area (Å²) < 4.78 is 4.85. The number of carbonyl (C=O) groups excluding carboxylic acids is 4. The summed E-state index contributed by atoms with van der Waals surface area (Å²) in [5.41, 5.74) is 6.66. The van der Waals surface area contributed by atoms with Crippen LogP contribution in [-0.2, 0) is 36.8 Å². The van der Waals surface area contributed by atoms with Crippen LogP contribution in [0.3, 0.4) is 0 Å². The lowest BCUT2D eigenvalue weighted by atomic mass is 10.0. The molecule has 6 N–H and O–H groups in total. The number of hydrogen-bond donors (Lipinski definition) is 5. The molecule has 0 aromatic heterocycles. The van der Waals surface area contributed by atoms with Crippen LogP contribution in [0.15, 0.2) is 54.6 Å². The van der Waals surface area contributed by atoms with E-state index in [1.807, 2.05) is 30.3 Å². The maximum atomic E-state index is 12.9. The molecule has 3 atom stereocenters. The van der Waals surface area contributed by atoms with Crippen molar-refractivity contribution < 1.29 is 29.0 Å². The zero-order chi connectivity index (χ0) is 25.1. The number of esters is 1. The molecule has 0 aliphatic rings. The number of carbonyl (C=O) groups is 4. The second-order valence-corrected chi connectivity index (χ2v) is 7.77. The third-order valence-electron chi connectivity index (χ3n) is 5.06. The van der Waals surface area contributed by atoms with Crippen molar-refractivity contribution in [3.05, 3.63) is 65.7 Å². The fourth-order valence-electron chi connectivity index (χ4n) is 3.25. The average Bonchev–Trinajstić information content (AvgIpc) is 2.82. The van der Waals surface area contributed by atoms with Gasteiger partial charge in [0.25, 0.3) is 0 Å². The molecule has 0 saturated carbocycles. The molecule has 34 heavy (non-hydrogen) atoms. The third-order valence-corrected chi connectivity index (χ3v) is 5.06. The summed E-state index contributed by atoms with van der Waals surface area (Å²) in [6, 6.07) is 12.7. The Morgan fingerprint density at radius 3 is 2.09 bits per heavy atom. The van der Waals surface area contributed by atoms with E-state index in [4.69, 9.17) is 10.5 Å². The normalized spacial score (nSPS) is 13.2. The van der Waals surface area contributed by atoms with Crippen molar-refractivity contribution in [3.8, 4) is 5.75 Å². The van der Waals surface area contributed by atoms with Gasteiger partial charge in [-0.05, 0) is 36.6 Å². The van der Waals surface area contributed by atoms with E-state index in [2.05, 4.69) is 16.0 Å². The van der Waals surface area contributed by atoms with Crippen LogP contribution in [0.4, 0.5) is 0 Å². The van der Waals surface area contributed by atoms with E-state index in [0.29, 0.717) is 0 Å². The first-order chi connectivity index (χ1) is 16.2. The molecule has 0 spiro atoms. The highest BCUT2D eigenvalue weighted by Gasteiger charge is 2.28. The van der Waals surface area contributed by atoms with Crippen LogP contribution in [0.5, 0.6) is 5.75 Å². The van der Waals surface area contributed by atoms with Crippen LogP contribution in [0.1, 0.15) is 18.1 Å². The Labute approximate surface area is 197 Å². The molecule has 10 nitrogen and oxygen atoms in total. The molecule has 3 amide bonds. The quantitative estimate of drug-likeness (QED) is 0.268. The van der Waals surface area contributed by atoms with Gasteiger partial charge in [0.2, 0.25) is 17.7 Å². The van der Waals surface area contributed by atoms with E-state index in [1.165, 1.54) is 19.2 Å². The number of phenolic OH excluding ortho intramolecular Hbond substituents is 1. The Balaban J connectivity index is 2.09. The highest BCUT2D eigenvalue weighted by atomic mass is 16.5. The van der Waals surface area contributed by atoms with Gasteiger partial charge in [-0.3, -0.25) is 24.5 Å². The molecule has 0 unspecified atom stereocenters. The monoisotopic (exact) mass is 470 g/mol. The lowest BCUT2D eigenvalue weighted by Crippen LogP contribution is -2.56. The minimum atomic E-state index is -0.966. The number of methoxy groups -OCH3 is 1. The first-order valence-electron chi connectivity index (χ1n) is 10.7. The van der Waals surface area contributed by atoms with Crippen LogP contribution < -0.4 is 21.7 Å². The fourth-order valence-corrected chi connectivity index (χ4v) is 3.25. The van der Waals surface area contributed by atoms with Crippen molar-refractivity contribution in [3.63, 3.8) is 0 Å². The van der Waals surface area contributed by atoms with Crippen molar-refractivity contribution in [2.45, 2.75) is 37.9 Å². The van der Waals surface area contributed by atoms with Gasteiger partial charge in [-0.15, -0.1) is 0 Å². The van der Waals surface area contributed by atoms with E-state index in [0.717, 1.165) is 11.1 Å². The van der Waals surface area contributed by atoms with E-state index < -0.39 is 41.8 Å². The number of ether oxygens (including phenoxy) is 1. The Morgan fingerprint density at radius 2 is 1.50 bits per heavy atom. The standard InChI is InChI=1S/C24H30N4O6/c1-15(27-20(24(33)34-2)13-17-8-10-18(29)11-9-17)22(31)28-19(23(32)26-14-21(25)30)12-16-6-4-3-5-7-16/h3-11,15,19-20,27,29H,12-14H2,1-2H3,(H2,25,30)(H,26,32)(H,28,31)/t15-,19-,20-/m0/s1. The molecule has 2 aromatic carbocycles. The van der Waals surface area contributed by atoms with Gasteiger partial charge in [0, 0.05) is 6.42 Å². The molecular weight excluding hydrogens is 440 g/mol. The minimum absolute atomic E-state index is 0.0955. The first-order valence-corrected chi connectivity index (χ1v) is 10.7. The summed E-state index contributed by atoms with van der Waals surface area (Å²) in [6.07, 6.45) is 0.412. The molecule has 0 aliphatic carbocycles. The SMILES string of the molecule is COC(=O)[C@H](Cc1ccc(O)cc1)N[C@@H](C)C(=O)N[C@@H](Cc1ccccc1)C(=O)NCC(N)=O. The topological polar surface area (TPSA) is 160 Å². The third kappa shape index (κ3) is 8.55. The maximum absolute atomic E-state index is 12.9. The zero-order valence-corrected chi connectivity index (χ0v) is 19.1. The number of nitrogens with two attached hydrogens (primary N) is 1. The van der Waals surface area contributed by atoms with Gasteiger partial charge in [0.1, 0.15) is 17.8 Å². The molecule has 0 radical (unpaired) electrons. The van der Waals surface area contributed by atoms with Gasteiger partial charge in [-0.2, -0.15) is 0 Å². The van der Waals surface area contributed by atoms with Gasteiger partial charge >= 0.3 is 5.97 Å². The highest BCUT2D eigenvalue weighted by molar-refractivity contribution is 5.92. The van der Waals surface area contributed by atoms with Gasteiger partial charge in [0.15, 0.2) is 0 Å². The average molecular weight is 471 g/mol. The Bertz CT molecular complexity index is 981. The van der Waals surface area contributed by atoms with Gasteiger partial charge < -0.3 is 26.2 Å². The van der Waals surface area contributed by atoms with Crippen LogP contribution in [-0.4, -0.2) is 60.6 Å². The molecule has 0 fully saturated rings. The van der Waals surface area contributed by atoms with Crippen molar-refractivity contribution in [2.75, 3.05) is 13.7 Å². The maximum Gasteiger partial charge on any atom is 0.323 e. The van der Waals surface area contributed by atoms with E-state index in [1.54, 1.807) is 19.1 Å². The van der Waals surface area contributed by atoms with Gasteiger partial charge in [-0.1, -0.05) is 42.5 Å². The number of primary amides is 1. The van der Waals surface area contributed by atoms with Crippen molar-refractivity contribution in [1.29, 1.82) is 0 Å². The fraction of sp³-hybridized carbons (Fsp3) is 0.333. The largest absolute Gasteiger partial charge is 0.508 e. The Morgan fingerprint density at radius 1 is 0.912 bits per heavy atom. The number of phenols is 1. The highest BCUT2D eigenvalue weighted by Crippen LogP contribution is 2.12. The van der Waals surface area contributed by atoms with Crippen LogP contribution in [0.25, 0.3) is 0 Å². The Hall–Kier alpha value is -3.92. The molecule has 2 aromatic rings. The van der Waals surface area contributed by atoms with Gasteiger partial charge in [-0.25, -0.2) is 0 Å². The molecule has 2 rings (SSSR count). The lowest BCUT2D eigenvalue weighted by Gasteiger charge is -2.24. The number of nitrogens with one attached hydrogen (secondary N) is 3. The van der Waals surface area contributed by atoms with E-state index in [9.17, 15) is 24.3 Å². The molecular formula is C24H30N4O6. The second-order valence-electron chi connectivity index (χ2n) is 7.77. The summed E-state index contributed by atoms with van der Waals surface area (Å²) in [6.45, 7) is 1.20. The molecule has 10 heteroatoms. The summed E-state index contributed by atoms with van der Waals surface area (Å²) >= 11 is 0. The predicted octanol–water partition coefficient (Wildman–Crippen LogP) is -0.217. The zero-order valence-electron chi connectivity index (χ0n) is 19.1. The smallest absolute Gasteiger partial charge is 0.323 e. The molecule has 0 heterocycles. The van der Waals surface area contributed by atoms with Crippen molar-refractivity contribution >= 4 is 23.7 Å². The summed E-state index contributed by atoms with van der Waals surface area (Å²) in [7, 11) is 1.25. The Kier molecular flexibility index (Phi) is 10.0. The number of amides is 3. The van der Waals surface area contributed by atoms with Crippen LogP contribution in [0, 0.1) is 0 Å². The second kappa shape index (κ2) is 12.9. The summed E-state index contributed by atoms with van der Waals surface area (Å²) in [5, 5.41) is 17.5. The summed E-state index contributed by atoms with van der Waals surface area (Å²) in [4.78, 5) is 48.8. The molecule has 0 aliphatic heterocycles. The molecule has 0 bridgehead atoms. The van der Waals surface area contributed by atoms with E-state index >= 15 is 0 Å². The van der Waals surface area contributed by atoms with Crippen LogP contribution >= 0.6 is 0 Å². The summed E-state index contributed by atoms with van der Waals surface area (Å²) in [5.74, 6) is -2.25. The first kappa shape index (κ1) is 26.3. The van der Waals surface area contributed by atoms with Crippen molar-refractivity contribution in [1.82, 2.24) is 16.0 Å². The molecule has 0 saturated heterocycles. The minimum Gasteiger partial charge on any atom is -0.508 e.